The summed E-state index contributed by atoms with van der Waals surface area (Å²) in [6.45, 7) is -0.348. The van der Waals surface area contributed by atoms with E-state index in [1.807, 2.05) is 12.1 Å². The van der Waals surface area contributed by atoms with Crippen molar-refractivity contribution in [3.05, 3.63) is 57.7 Å². The third-order valence-electron chi connectivity index (χ3n) is 2.58. The summed E-state index contributed by atoms with van der Waals surface area (Å²) in [5, 5.41) is 2.64. The third-order valence-corrected chi connectivity index (χ3v) is 3.30. The number of nitrogens with one attached hydrogen (secondary N) is 1. The maximum atomic E-state index is 11.7. The lowest BCUT2D eigenvalue weighted by Gasteiger charge is -2.07. The average Bonchev–Trinajstić information content (AvgIpc) is 2.47. The summed E-state index contributed by atoms with van der Waals surface area (Å²) >= 11 is 2.17. The van der Waals surface area contributed by atoms with Crippen molar-refractivity contribution in [2.75, 3.05) is 17.7 Å². The first-order valence-electron chi connectivity index (χ1n) is 6.12. The van der Waals surface area contributed by atoms with Gasteiger partial charge in [-0.3, -0.25) is 4.79 Å². The molecule has 2 rings (SSSR count). The molecule has 0 unspecified atom stereocenters. The second-order valence-electron chi connectivity index (χ2n) is 4.26. The van der Waals surface area contributed by atoms with Crippen LogP contribution in [0.5, 0.6) is 0 Å². The molecule has 0 bridgehead atoms. The zero-order valence-corrected chi connectivity index (χ0v) is 13.2. The van der Waals surface area contributed by atoms with E-state index in [9.17, 15) is 9.59 Å². The highest BCUT2D eigenvalue weighted by atomic mass is 127. The predicted molar refractivity (Wildman–Crippen MR) is 88.9 cm³/mol. The van der Waals surface area contributed by atoms with Crippen LogP contribution in [0.2, 0.25) is 0 Å². The highest BCUT2D eigenvalue weighted by Gasteiger charge is 2.10. The number of esters is 1. The summed E-state index contributed by atoms with van der Waals surface area (Å²) in [5.74, 6) is -0.978. The second kappa shape index (κ2) is 7.07. The molecule has 0 heterocycles. The van der Waals surface area contributed by atoms with E-state index in [-0.39, 0.29) is 6.61 Å². The highest BCUT2D eigenvalue weighted by Crippen LogP contribution is 2.11. The smallest absolute Gasteiger partial charge is 0.338 e. The van der Waals surface area contributed by atoms with Crippen LogP contribution in [-0.4, -0.2) is 18.5 Å². The Bertz CT molecular complexity index is 656. The molecule has 0 saturated carbocycles. The predicted octanol–water partition coefficient (Wildman–Crippen LogP) is 2.67. The minimum absolute atomic E-state index is 0.317. The summed E-state index contributed by atoms with van der Waals surface area (Å²) in [4.78, 5) is 23.4. The fourth-order valence-corrected chi connectivity index (χ4v) is 1.97. The summed E-state index contributed by atoms with van der Waals surface area (Å²) in [6, 6.07) is 13.7. The van der Waals surface area contributed by atoms with Crippen molar-refractivity contribution >= 4 is 45.8 Å². The molecular weight excluding hydrogens is 383 g/mol. The van der Waals surface area contributed by atoms with E-state index < -0.39 is 11.9 Å². The van der Waals surface area contributed by atoms with Gasteiger partial charge in [-0.1, -0.05) is 6.07 Å². The van der Waals surface area contributed by atoms with Gasteiger partial charge < -0.3 is 15.8 Å². The van der Waals surface area contributed by atoms with Gasteiger partial charge in [0.1, 0.15) is 0 Å². The van der Waals surface area contributed by atoms with E-state index in [2.05, 4.69) is 27.9 Å². The number of halogens is 1. The molecule has 5 nitrogen and oxygen atoms in total. The highest BCUT2D eigenvalue weighted by molar-refractivity contribution is 14.1. The number of nitrogens with two attached hydrogens (primary N) is 1. The molecule has 0 fully saturated rings. The Morgan fingerprint density at radius 3 is 2.52 bits per heavy atom. The minimum atomic E-state index is -0.583. The van der Waals surface area contributed by atoms with Crippen molar-refractivity contribution in [2.45, 2.75) is 0 Å². The van der Waals surface area contributed by atoms with Crippen LogP contribution in [-0.2, 0) is 9.53 Å². The summed E-state index contributed by atoms with van der Waals surface area (Å²) in [6.07, 6.45) is 0. The van der Waals surface area contributed by atoms with Gasteiger partial charge in [-0.2, -0.15) is 0 Å². The van der Waals surface area contributed by atoms with E-state index in [0.717, 1.165) is 3.57 Å². The number of rotatable bonds is 4. The van der Waals surface area contributed by atoms with Crippen molar-refractivity contribution in [2.24, 2.45) is 0 Å². The minimum Gasteiger partial charge on any atom is -0.452 e. The lowest BCUT2D eigenvalue weighted by Crippen LogP contribution is -2.20. The lowest BCUT2D eigenvalue weighted by atomic mass is 10.2. The van der Waals surface area contributed by atoms with Gasteiger partial charge in [0.05, 0.1) is 5.56 Å². The lowest BCUT2D eigenvalue weighted by molar-refractivity contribution is -0.119. The van der Waals surface area contributed by atoms with Gasteiger partial charge in [-0.25, -0.2) is 4.79 Å². The average molecular weight is 396 g/mol. The van der Waals surface area contributed by atoms with Crippen molar-refractivity contribution in [3.63, 3.8) is 0 Å². The Hall–Kier alpha value is -2.09. The number of nitrogen functional groups attached to an aromatic ring is 1. The quantitative estimate of drug-likeness (QED) is 0.473. The second-order valence-corrected chi connectivity index (χ2v) is 5.50. The number of amides is 1. The first-order valence-corrected chi connectivity index (χ1v) is 7.20. The van der Waals surface area contributed by atoms with Crippen LogP contribution in [0.3, 0.4) is 0 Å². The molecule has 2 aromatic rings. The summed E-state index contributed by atoms with van der Waals surface area (Å²) in [7, 11) is 0. The van der Waals surface area contributed by atoms with Crippen LogP contribution >= 0.6 is 22.6 Å². The molecule has 0 atom stereocenters. The van der Waals surface area contributed by atoms with Crippen LogP contribution in [0, 0.1) is 3.57 Å². The number of anilines is 2. The van der Waals surface area contributed by atoms with Gasteiger partial charge in [-0.05, 0) is 65.1 Å². The maximum absolute atomic E-state index is 11.7. The van der Waals surface area contributed by atoms with E-state index in [1.54, 1.807) is 30.3 Å². The topological polar surface area (TPSA) is 81.4 Å². The monoisotopic (exact) mass is 396 g/mol. The Kier molecular flexibility index (Phi) is 5.15. The standard InChI is InChI=1S/C15H13IN2O3/c16-11-4-6-13(7-5-11)18-14(19)9-21-15(20)10-2-1-3-12(17)8-10/h1-8H,9,17H2,(H,18,19). The van der Waals surface area contributed by atoms with Gasteiger partial charge in [0.25, 0.3) is 5.91 Å². The number of carbonyl (C=O) groups excluding carboxylic acids is 2. The molecule has 0 spiro atoms. The molecule has 0 radical (unpaired) electrons. The first kappa shape index (κ1) is 15.3. The number of carbonyl (C=O) groups is 2. The van der Waals surface area contributed by atoms with Gasteiger partial charge in [-0.15, -0.1) is 0 Å². The fourth-order valence-electron chi connectivity index (χ4n) is 1.61. The van der Waals surface area contributed by atoms with Crippen LogP contribution < -0.4 is 11.1 Å². The van der Waals surface area contributed by atoms with Crippen molar-refractivity contribution in [1.29, 1.82) is 0 Å². The third kappa shape index (κ3) is 4.75. The molecule has 1 amide bonds. The molecule has 6 heteroatoms. The SMILES string of the molecule is Nc1cccc(C(=O)OCC(=O)Nc2ccc(I)cc2)c1. The van der Waals surface area contributed by atoms with E-state index in [4.69, 9.17) is 10.5 Å². The van der Waals surface area contributed by atoms with E-state index in [1.165, 1.54) is 6.07 Å². The molecule has 0 aliphatic carbocycles. The van der Waals surface area contributed by atoms with Gasteiger partial charge in [0, 0.05) is 14.9 Å². The largest absolute Gasteiger partial charge is 0.452 e. The molecule has 3 N–H and O–H groups in total. The van der Waals surface area contributed by atoms with E-state index >= 15 is 0 Å². The maximum Gasteiger partial charge on any atom is 0.338 e. The van der Waals surface area contributed by atoms with Gasteiger partial charge in [0.15, 0.2) is 6.61 Å². The molecule has 0 aliphatic rings. The Labute approximate surface area is 135 Å². The Balaban J connectivity index is 1.86. The molecule has 0 saturated heterocycles. The summed E-state index contributed by atoms with van der Waals surface area (Å²) in [5.41, 5.74) is 7.01. The van der Waals surface area contributed by atoms with Crippen LogP contribution in [0.15, 0.2) is 48.5 Å². The molecule has 0 aliphatic heterocycles. The van der Waals surface area contributed by atoms with Crippen molar-refractivity contribution in [1.82, 2.24) is 0 Å². The Morgan fingerprint density at radius 1 is 1.14 bits per heavy atom. The normalized spacial score (nSPS) is 9.95. The molecule has 108 valence electrons. The number of ether oxygens (including phenoxy) is 1. The fraction of sp³-hybridized carbons (Fsp3) is 0.0667. The van der Waals surface area contributed by atoms with Crippen LogP contribution in [0.25, 0.3) is 0 Å². The molecule has 2 aromatic carbocycles. The first-order chi connectivity index (χ1) is 10.0. The number of benzene rings is 2. The van der Waals surface area contributed by atoms with Gasteiger partial charge >= 0.3 is 5.97 Å². The Morgan fingerprint density at radius 2 is 1.86 bits per heavy atom. The molecule has 21 heavy (non-hydrogen) atoms. The zero-order valence-electron chi connectivity index (χ0n) is 11.0. The number of hydrogen-bond donors (Lipinski definition) is 2. The van der Waals surface area contributed by atoms with Gasteiger partial charge in [0.2, 0.25) is 0 Å². The zero-order chi connectivity index (χ0) is 15.2. The van der Waals surface area contributed by atoms with Crippen LogP contribution in [0.4, 0.5) is 11.4 Å². The van der Waals surface area contributed by atoms with Crippen molar-refractivity contribution in [3.8, 4) is 0 Å². The molecule has 0 aromatic heterocycles. The summed E-state index contributed by atoms with van der Waals surface area (Å²) < 4.78 is 6.00. The van der Waals surface area contributed by atoms with E-state index in [0.29, 0.717) is 16.9 Å². The number of hydrogen-bond acceptors (Lipinski definition) is 4. The molecular formula is C15H13IN2O3. The van der Waals surface area contributed by atoms with Crippen LogP contribution in [0.1, 0.15) is 10.4 Å². The van der Waals surface area contributed by atoms with Crippen molar-refractivity contribution < 1.29 is 14.3 Å².